The molecule has 1 amide bonds. The van der Waals surface area contributed by atoms with Crippen molar-refractivity contribution in [1.29, 1.82) is 0 Å². The maximum atomic E-state index is 11.6. The lowest BCUT2D eigenvalue weighted by atomic mass is 9.91. The average molecular weight is 288 g/mol. The maximum absolute atomic E-state index is 11.6. The summed E-state index contributed by atoms with van der Waals surface area (Å²) >= 11 is 0. The van der Waals surface area contributed by atoms with Crippen LogP contribution in [0.25, 0.3) is 0 Å². The molecule has 0 radical (unpaired) electrons. The molecule has 20 heavy (non-hydrogen) atoms. The first kappa shape index (κ1) is 24.5. The first-order chi connectivity index (χ1) is 9.41. The van der Waals surface area contributed by atoms with Gasteiger partial charge in [0.1, 0.15) is 0 Å². The van der Waals surface area contributed by atoms with Crippen LogP contribution in [-0.2, 0) is 4.79 Å². The maximum Gasteiger partial charge on any atom is 0.225 e. The fourth-order valence-corrected chi connectivity index (χ4v) is 1.65. The summed E-state index contributed by atoms with van der Waals surface area (Å²) in [5.74, 6) is 0.194. The number of amides is 1. The van der Waals surface area contributed by atoms with E-state index < -0.39 is 0 Å². The SMILES string of the molecule is CC.CC.CC(C)(C)C(=O)NC1CCCCC1.CCC. The standard InChI is InChI=1S/C11H21NO.C3H8.2C2H6/c1-11(2,3)10(13)12-9-7-5-4-6-8-9;1-3-2;2*1-2/h9H,4-8H2,1-3H3,(H,12,13);3H2,1-2H3;2*1-2H3. The van der Waals surface area contributed by atoms with Gasteiger partial charge in [0.2, 0.25) is 5.91 Å². The van der Waals surface area contributed by atoms with Crippen LogP contribution in [0.15, 0.2) is 0 Å². The number of hydrogen-bond donors (Lipinski definition) is 1. The topological polar surface area (TPSA) is 29.1 Å². The van der Waals surface area contributed by atoms with Gasteiger partial charge in [-0.2, -0.15) is 0 Å². The average Bonchev–Trinajstić information content (AvgIpc) is 2.44. The van der Waals surface area contributed by atoms with E-state index in [4.69, 9.17) is 0 Å². The van der Waals surface area contributed by atoms with Crippen molar-refractivity contribution in [2.75, 3.05) is 0 Å². The molecule has 2 heteroatoms. The van der Waals surface area contributed by atoms with E-state index >= 15 is 0 Å². The van der Waals surface area contributed by atoms with E-state index in [1.807, 2.05) is 48.5 Å². The van der Waals surface area contributed by atoms with Crippen molar-refractivity contribution in [1.82, 2.24) is 5.32 Å². The molecule has 0 aliphatic heterocycles. The molecule has 0 aromatic carbocycles. The van der Waals surface area contributed by atoms with Gasteiger partial charge >= 0.3 is 0 Å². The van der Waals surface area contributed by atoms with E-state index in [1.54, 1.807) is 0 Å². The van der Waals surface area contributed by atoms with Crippen LogP contribution < -0.4 is 5.32 Å². The van der Waals surface area contributed by atoms with Crippen LogP contribution in [0.4, 0.5) is 0 Å². The lowest BCUT2D eigenvalue weighted by Crippen LogP contribution is -2.42. The normalized spacial score (nSPS) is 14.4. The van der Waals surface area contributed by atoms with Gasteiger partial charge in [0.05, 0.1) is 0 Å². The first-order valence-electron chi connectivity index (χ1n) is 8.72. The second-order valence-corrected chi connectivity index (χ2v) is 5.77. The molecule has 0 saturated heterocycles. The molecule has 0 unspecified atom stereocenters. The number of carbonyl (C=O) groups excluding carboxylic acids is 1. The van der Waals surface area contributed by atoms with Gasteiger partial charge in [-0.3, -0.25) is 4.79 Å². The Labute approximate surface area is 129 Å². The van der Waals surface area contributed by atoms with Crippen LogP contribution in [0, 0.1) is 5.41 Å². The molecular formula is C18H41NO. The van der Waals surface area contributed by atoms with Gasteiger partial charge in [-0.25, -0.2) is 0 Å². The van der Waals surface area contributed by atoms with E-state index in [0.717, 1.165) is 0 Å². The first-order valence-corrected chi connectivity index (χ1v) is 8.72. The summed E-state index contributed by atoms with van der Waals surface area (Å²) in [5, 5.41) is 3.12. The summed E-state index contributed by atoms with van der Waals surface area (Å²) in [6.45, 7) is 18.1. The molecule has 1 fully saturated rings. The van der Waals surface area contributed by atoms with Crippen LogP contribution in [0.2, 0.25) is 0 Å². The Bertz CT molecular complexity index is 188. The second kappa shape index (κ2) is 16.5. The molecule has 0 spiro atoms. The van der Waals surface area contributed by atoms with Crippen molar-refractivity contribution >= 4 is 5.91 Å². The zero-order chi connectivity index (χ0) is 16.6. The number of nitrogens with one attached hydrogen (secondary N) is 1. The third-order valence-corrected chi connectivity index (χ3v) is 2.62. The molecule has 124 valence electrons. The predicted molar refractivity (Wildman–Crippen MR) is 93.1 cm³/mol. The van der Waals surface area contributed by atoms with Crippen molar-refractivity contribution in [3.8, 4) is 0 Å². The highest BCUT2D eigenvalue weighted by Gasteiger charge is 2.24. The highest BCUT2D eigenvalue weighted by atomic mass is 16.2. The zero-order valence-electron chi connectivity index (χ0n) is 15.7. The lowest BCUT2D eigenvalue weighted by molar-refractivity contribution is -0.129. The van der Waals surface area contributed by atoms with Crippen molar-refractivity contribution in [2.45, 2.75) is 107 Å². The predicted octanol–water partition coefficient (Wildman–Crippen LogP) is 5.95. The summed E-state index contributed by atoms with van der Waals surface area (Å²) in [5.41, 5.74) is -0.239. The van der Waals surface area contributed by atoms with Gasteiger partial charge in [0, 0.05) is 11.5 Å². The third kappa shape index (κ3) is 15.5. The highest BCUT2D eigenvalue weighted by Crippen LogP contribution is 2.20. The van der Waals surface area contributed by atoms with Crippen LogP contribution in [0.1, 0.15) is 101 Å². The third-order valence-electron chi connectivity index (χ3n) is 2.62. The van der Waals surface area contributed by atoms with Gasteiger partial charge in [0.25, 0.3) is 0 Å². The van der Waals surface area contributed by atoms with Crippen LogP contribution >= 0.6 is 0 Å². The summed E-state index contributed by atoms with van der Waals surface area (Å²) in [6.07, 6.45) is 7.47. The van der Waals surface area contributed by atoms with Crippen molar-refractivity contribution < 1.29 is 4.79 Å². The largest absolute Gasteiger partial charge is 0.353 e. The van der Waals surface area contributed by atoms with E-state index in [2.05, 4.69) is 19.2 Å². The second-order valence-electron chi connectivity index (χ2n) is 5.77. The Balaban J connectivity index is -0.000000355. The van der Waals surface area contributed by atoms with Crippen LogP contribution in [-0.4, -0.2) is 11.9 Å². The molecule has 2 nitrogen and oxygen atoms in total. The lowest BCUT2D eigenvalue weighted by Gasteiger charge is -2.26. The Morgan fingerprint density at radius 2 is 1.30 bits per heavy atom. The Morgan fingerprint density at radius 3 is 1.60 bits per heavy atom. The molecule has 1 aliphatic rings. The Hall–Kier alpha value is -0.530. The fraction of sp³-hybridized carbons (Fsp3) is 0.944. The van der Waals surface area contributed by atoms with E-state index in [0.29, 0.717) is 6.04 Å². The number of carbonyl (C=O) groups is 1. The van der Waals surface area contributed by atoms with Crippen molar-refractivity contribution in [3.05, 3.63) is 0 Å². The Kier molecular flexibility index (Phi) is 20.2. The molecule has 0 heterocycles. The van der Waals surface area contributed by atoms with E-state index in [-0.39, 0.29) is 11.3 Å². The molecule has 1 N–H and O–H groups in total. The van der Waals surface area contributed by atoms with E-state index in [1.165, 1.54) is 38.5 Å². The molecule has 0 bridgehead atoms. The fourth-order valence-electron chi connectivity index (χ4n) is 1.65. The molecule has 1 saturated carbocycles. The molecule has 0 aromatic rings. The van der Waals surface area contributed by atoms with E-state index in [9.17, 15) is 4.79 Å². The van der Waals surface area contributed by atoms with Crippen molar-refractivity contribution in [2.24, 2.45) is 5.41 Å². The van der Waals surface area contributed by atoms with Crippen molar-refractivity contribution in [3.63, 3.8) is 0 Å². The molecule has 1 rings (SSSR count). The summed E-state index contributed by atoms with van der Waals surface area (Å²) in [7, 11) is 0. The molecule has 1 aliphatic carbocycles. The Morgan fingerprint density at radius 1 is 0.950 bits per heavy atom. The smallest absolute Gasteiger partial charge is 0.225 e. The van der Waals surface area contributed by atoms with Gasteiger partial charge in [-0.15, -0.1) is 0 Å². The van der Waals surface area contributed by atoms with Crippen LogP contribution in [0.5, 0.6) is 0 Å². The quantitative estimate of drug-likeness (QED) is 0.634. The van der Waals surface area contributed by atoms with Gasteiger partial charge in [0.15, 0.2) is 0 Å². The molecular weight excluding hydrogens is 246 g/mol. The van der Waals surface area contributed by atoms with Gasteiger partial charge in [-0.1, -0.05) is 88.0 Å². The monoisotopic (exact) mass is 287 g/mol. The zero-order valence-corrected chi connectivity index (χ0v) is 15.7. The summed E-state index contributed by atoms with van der Waals surface area (Å²) in [4.78, 5) is 11.6. The minimum atomic E-state index is -0.239. The highest BCUT2D eigenvalue weighted by molar-refractivity contribution is 5.81. The minimum Gasteiger partial charge on any atom is -0.353 e. The molecule has 0 atom stereocenters. The number of hydrogen-bond acceptors (Lipinski definition) is 1. The molecule has 0 aromatic heterocycles. The van der Waals surface area contributed by atoms with Gasteiger partial charge in [-0.05, 0) is 12.8 Å². The van der Waals surface area contributed by atoms with Crippen LogP contribution in [0.3, 0.4) is 0 Å². The van der Waals surface area contributed by atoms with Gasteiger partial charge < -0.3 is 5.32 Å². The number of rotatable bonds is 1. The summed E-state index contributed by atoms with van der Waals surface area (Å²) < 4.78 is 0. The minimum absolute atomic E-state index is 0.194. The summed E-state index contributed by atoms with van der Waals surface area (Å²) in [6, 6.07) is 0.445.